The first-order valence-electron chi connectivity index (χ1n) is 9.30. The zero-order valence-electron chi connectivity index (χ0n) is 17.4. The van der Waals surface area contributed by atoms with Crippen molar-refractivity contribution in [1.29, 1.82) is 5.41 Å². The van der Waals surface area contributed by atoms with Crippen LogP contribution in [0.15, 0.2) is 30.7 Å². The van der Waals surface area contributed by atoms with E-state index >= 15 is 0 Å². The Hall–Kier alpha value is -3.49. The molecule has 0 unspecified atom stereocenters. The lowest BCUT2D eigenvalue weighted by Gasteiger charge is -2.20. The molecule has 0 aromatic carbocycles. The average molecular weight is 396 g/mol. The summed E-state index contributed by atoms with van der Waals surface area (Å²) in [7, 11) is 1.82. The largest absolute Gasteiger partial charge is 0.379 e. The molecule has 0 aliphatic carbocycles. The standard InChI is InChI=1S/C20H28N8O/c1-13(2)25-20-17(23-10-18-24-11-28(5)27-18)9-16(26-19(20)15(4)21)14(3)7-6-8-22-12-29/h6-9,11-13,21,25H,10H2,1-5H3,(H,22,29)(H,23,26)/b8-6-,14-7+,21-15?. The summed E-state index contributed by atoms with van der Waals surface area (Å²) in [6, 6.07) is 2.11. The topological polar surface area (TPSA) is 121 Å². The van der Waals surface area contributed by atoms with Gasteiger partial charge < -0.3 is 21.4 Å². The minimum absolute atomic E-state index is 0.170. The molecule has 29 heavy (non-hydrogen) atoms. The van der Waals surface area contributed by atoms with Gasteiger partial charge in [-0.2, -0.15) is 5.10 Å². The lowest BCUT2D eigenvalue weighted by Crippen LogP contribution is -2.17. The van der Waals surface area contributed by atoms with Gasteiger partial charge in [0.15, 0.2) is 5.82 Å². The van der Waals surface area contributed by atoms with Crippen LogP contribution in [0, 0.1) is 5.41 Å². The Kier molecular flexibility index (Phi) is 7.64. The van der Waals surface area contributed by atoms with Crippen LogP contribution in [-0.2, 0) is 18.4 Å². The predicted octanol–water partition coefficient (Wildman–Crippen LogP) is 2.69. The maximum atomic E-state index is 10.4. The van der Waals surface area contributed by atoms with Crippen molar-refractivity contribution >= 4 is 29.1 Å². The number of nitrogens with zero attached hydrogens (tertiary/aromatic N) is 4. The monoisotopic (exact) mass is 396 g/mol. The maximum absolute atomic E-state index is 10.4. The van der Waals surface area contributed by atoms with Gasteiger partial charge in [-0.15, -0.1) is 0 Å². The minimum Gasteiger partial charge on any atom is -0.379 e. The van der Waals surface area contributed by atoms with E-state index in [1.54, 1.807) is 30.2 Å². The van der Waals surface area contributed by atoms with Gasteiger partial charge in [-0.25, -0.2) is 9.97 Å². The lowest BCUT2D eigenvalue weighted by molar-refractivity contribution is -0.108. The van der Waals surface area contributed by atoms with E-state index in [1.165, 1.54) is 0 Å². The summed E-state index contributed by atoms with van der Waals surface area (Å²) in [5.74, 6) is 0.671. The Balaban J connectivity index is 2.45. The molecule has 0 atom stereocenters. The highest BCUT2D eigenvalue weighted by Crippen LogP contribution is 2.30. The Labute approximate surface area is 170 Å². The molecular formula is C20H28N8O. The van der Waals surface area contributed by atoms with E-state index in [4.69, 9.17) is 5.41 Å². The lowest BCUT2D eigenvalue weighted by atomic mass is 10.1. The van der Waals surface area contributed by atoms with E-state index in [9.17, 15) is 4.79 Å². The molecule has 0 aliphatic rings. The first-order valence-corrected chi connectivity index (χ1v) is 9.30. The number of pyridine rings is 1. The van der Waals surface area contributed by atoms with Crippen LogP contribution in [0.2, 0.25) is 0 Å². The third-order valence-electron chi connectivity index (χ3n) is 3.90. The Bertz CT molecular complexity index is 927. The fourth-order valence-electron chi connectivity index (χ4n) is 2.60. The molecule has 0 spiro atoms. The first kappa shape index (κ1) is 21.8. The fourth-order valence-corrected chi connectivity index (χ4v) is 2.60. The number of amides is 1. The number of rotatable bonds is 10. The maximum Gasteiger partial charge on any atom is 0.211 e. The SMILES string of the molecule is CC(=N)c1nc(/C(C)=C/C=C\NC=O)cc(NCc2ncn(C)n2)c1NC(C)C. The molecule has 154 valence electrons. The summed E-state index contributed by atoms with van der Waals surface area (Å²) in [6.07, 6.45) is 7.38. The van der Waals surface area contributed by atoms with Gasteiger partial charge in [0.25, 0.3) is 0 Å². The van der Waals surface area contributed by atoms with E-state index in [-0.39, 0.29) is 6.04 Å². The Morgan fingerprint density at radius 1 is 1.34 bits per heavy atom. The molecule has 2 aromatic heterocycles. The molecule has 9 nitrogen and oxygen atoms in total. The van der Waals surface area contributed by atoms with E-state index in [0.29, 0.717) is 30.2 Å². The summed E-state index contributed by atoms with van der Waals surface area (Å²) in [6.45, 7) is 8.17. The molecule has 2 rings (SSSR count). The van der Waals surface area contributed by atoms with E-state index < -0.39 is 0 Å². The van der Waals surface area contributed by atoms with Gasteiger partial charge in [-0.1, -0.05) is 6.08 Å². The van der Waals surface area contributed by atoms with Crippen LogP contribution in [0.4, 0.5) is 11.4 Å². The van der Waals surface area contributed by atoms with Gasteiger partial charge in [0.2, 0.25) is 6.41 Å². The average Bonchev–Trinajstić information content (AvgIpc) is 3.08. The fraction of sp³-hybridized carbons (Fsp3) is 0.350. The summed E-state index contributed by atoms with van der Waals surface area (Å²) >= 11 is 0. The van der Waals surface area contributed by atoms with Crippen LogP contribution in [0.3, 0.4) is 0 Å². The van der Waals surface area contributed by atoms with Crippen LogP contribution >= 0.6 is 0 Å². The number of aromatic nitrogens is 4. The van der Waals surface area contributed by atoms with E-state index in [0.717, 1.165) is 22.6 Å². The van der Waals surface area contributed by atoms with Gasteiger partial charge in [0.1, 0.15) is 12.0 Å². The Morgan fingerprint density at radius 2 is 2.10 bits per heavy atom. The molecule has 0 saturated heterocycles. The quantitative estimate of drug-likeness (QED) is 0.278. The number of anilines is 2. The summed E-state index contributed by atoms with van der Waals surface area (Å²) in [5.41, 5.74) is 4.16. The predicted molar refractivity (Wildman–Crippen MR) is 116 cm³/mol. The van der Waals surface area contributed by atoms with Gasteiger partial charge in [-0.3, -0.25) is 9.48 Å². The smallest absolute Gasteiger partial charge is 0.211 e. The number of carbonyl (C=O) groups is 1. The van der Waals surface area contributed by atoms with Crippen molar-refractivity contribution in [3.8, 4) is 0 Å². The van der Waals surface area contributed by atoms with Gasteiger partial charge in [-0.05, 0) is 45.4 Å². The number of aryl methyl sites for hydroxylation is 1. The second-order valence-electron chi connectivity index (χ2n) is 6.88. The third-order valence-corrected chi connectivity index (χ3v) is 3.90. The van der Waals surface area contributed by atoms with Crippen LogP contribution in [0.5, 0.6) is 0 Å². The zero-order valence-corrected chi connectivity index (χ0v) is 17.4. The summed E-state index contributed by atoms with van der Waals surface area (Å²) in [4.78, 5) is 19.3. The molecule has 0 bridgehead atoms. The van der Waals surface area contributed by atoms with Gasteiger partial charge in [0.05, 0.1) is 29.3 Å². The summed E-state index contributed by atoms with van der Waals surface area (Å²) < 4.78 is 1.65. The van der Waals surface area contributed by atoms with Crippen LogP contribution in [0.1, 0.15) is 44.9 Å². The van der Waals surface area contributed by atoms with Crippen molar-refractivity contribution in [2.24, 2.45) is 7.05 Å². The van der Waals surface area contributed by atoms with Crippen molar-refractivity contribution < 1.29 is 4.79 Å². The molecular weight excluding hydrogens is 368 g/mol. The molecule has 1 amide bonds. The highest BCUT2D eigenvalue weighted by molar-refractivity contribution is 6.02. The van der Waals surface area contributed by atoms with E-state index in [1.807, 2.05) is 40.0 Å². The molecule has 2 aromatic rings. The van der Waals surface area contributed by atoms with Crippen molar-refractivity contribution in [2.45, 2.75) is 40.3 Å². The minimum atomic E-state index is 0.170. The second kappa shape index (κ2) is 10.2. The van der Waals surface area contributed by atoms with Gasteiger partial charge >= 0.3 is 0 Å². The molecule has 2 heterocycles. The van der Waals surface area contributed by atoms with Crippen LogP contribution < -0.4 is 16.0 Å². The number of nitrogens with one attached hydrogen (secondary N) is 4. The number of hydrogen-bond donors (Lipinski definition) is 4. The number of allylic oxidation sites excluding steroid dienone is 3. The normalized spacial score (nSPS) is 11.7. The second-order valence-corrected chi connectivity index (χ2v) is 6.88. The van der Waals surface area contributed by atoms with Crippen molar-refractivity contribution in [2.75, 3.05) is 10.6 Å². The first-order chi connectivity index (χ1) is 13.8. The molecule has 4 N–H and O–H groups in total. The zero-order chi connectivity index (χ0) is 21.4. The van der Waals surface area contributed by atoms with Crippen molar-refractivity contribution in [3.63, 3.8) is 0 Å². The highest BCUT2D eigenvalue weighted by atomic mass is 16.1. The summed E-state index contributed by atoms with van der Waals surface area (Å²) in [5, 5.41) is 21.7. The van der Waals surface area contributed by atoms with Crippen molar-refractivity contribution in [1.82, 2.24) is 25.1 Å². The number of hydrogen-bond acceptors (Lipinski definition) is 7. The van der Waals surface area contributed by atoms with Crippen molar-refractivity contribution in [3.05, 3.63) is 48.0 Å². The molecule has 0 fully saturated rings. The number of carbonyl (C=O) groups excluding carboxylic acids is 1. The third kappa shape index (κ3) is 6.27. The van der Waals surface area contributed by atoms with Crippen LogP contribution in [0.25, 0.3) is 5.57 Å². The molecule has 9 heteroatoms. The van der Waals surface area contributed by atoms with E-state index in [2.05, 4.69) is 31.0 Å². The molecule has 0 radical (unpaired) electrons. The highest BCUT2D eigenvalue weighted by Gasteiger charge is 2.16. The molecule has 0 aliphatic heterocycles. The molecule has 0 saturated carbocycles. The van der Waals surface area contributed by atoms with Gasteiger partial charge in [0, 0.05) is 19.3 Å². The van der Waals surface area contributed by atoms with Crippen LogP contribution in [-0.4, -0.2) is 37.9 Å². The Morgan fingerprint density at radius 3 is 2.69 bits per heavy atom.